The highest BCUT2D eigenvalue weighted by atomic mass is 17.2. The maximum absolute atomic E-state index is 4.72. The Bertz CT molecular complexity index is 84.0. The third-order valence-corrected chi connectivity index (χ3v) is 1.63. The minimum absolute atomic E-state index is 0. The monoisotopic (exact) mass is 132 g/mol. The summed E-state index contributed by atoms with van der Waals surface area (Å²) in [5.74, 6) is 0. The Morgan fingerprint density at radius 1 is 0.667 bits per heavy atom. The standard InChI is InChI=1S/C5H8O4/c1-5(2-7-6-1)3-8-9-4-5/h1-4H2. The van der Waals surface area contributed by atoms with Gasteiger partial charge in [0.15, 0.2) is 0 Å². The molecule has 2 saturated heterocycles. The van der Waals surface area contributed by atoms with Gasteiger partial charge in [0.1, 0.15) is 0 Å². The molecule has 0 aliphatic carbocycles. The van der Waals surface area contributed by atoms with E-state index in [0.717, 1.165) is 0 Å². The van der Waals surface area contributed by atoms with Crippen molar-refractivity contribution in [2.45, 2.75) is 0 Å². The van der Waals surface area contributed by atoms with Crippen LogP contribution in [0.1, 0.15) is 0 Å². The van der Waals surface area contributed by atoms with Crippen LogP contribution in [-0.2, 0) is 19.6 Å². The third-order valence-electron chi connectivity index (χ3n) is 1.63. The molecule has 0 aromatic carbocycles. The molecule has 9 heavy (non-hydrogen) atoms. The highest BCUT2D eigenvalue weighted by Gasteiger charge is 2.42. The van der Waals surface area contributed by atoms with Crippen LogP contribution in [0.3, 0.4) is 0 Å². The predicted octanol–water partition coefficient (Wildman–Crippen LogP) is -0.104. The number of hydrogen-bond donors (Lipinski definition) is 0. The second-order valence-electron chi connectivity index (χ2n) is 2.55. The van der Waals surface area contributed by atoms with Crippen LogP contribution in [0.5, 0.6) is 0 Å². The Morgan fingerprint density at radius 3 is 1.33 bits per heavy atom. The van der Waals surface area contributed by atoms with E-state index in [1.54, 1.807) is 0 Å². The molecule has 2 heterocycles. The molecule has 4 heteroatoms. The van der Waals surface area contributed by atoms with Crippen LogP contribution in [0.15, 0.2) is 0 Å². The van der Waals surface area contributed by atoms with Crippen molar-refractivity contribution in [3.8, 4) is 0 Å². The summed E-state index contributed by atoms with van der Waals surface area (Å²) in [4.78, 5) is 18.9. The SMILES string of the molecule is C1OOCC12COOC2. The van der Waals surface area contributed by atoms with Gasteiger partial charge in [0.05, 0.1) is 31.8 Å². The summed E-state index contributed by atoms with van der Waals surface area (Å²) in [5, 5.41) is 0. The summed E-state index contributed by atoms with van der Waals surface area (Å²) < 4.78 is 0. The van der Waals surface area contributed by atoms with Crippen LogP contribution in [0.25, 0.3) is 0 Å². The van der Waals surface area contributed by atoms with E-state index in [4.69, 9.17) is 19.6 Å². The van der Waals surface area contributed by atoms with Crippen LogP contribution in [0, 0.1) is 5.41 Å². The summed E-state index contributed by atoms with van der Waals surface area (Å²) in [6.45, 7) is 2.36. The van der Waals surface area contributed by atoms with Crippen molar-refractivity contribution < 1.29 is 19.6 Å². The van der Waals surface area contributed by atoms with Gasteiger partial charge < -0.3 is 0 Å². The molecule has 1 spiro atoms. The topological polar surface area (TPSA) is 36.9 Å². The molecule has 0 N–H and O–H groups in total. The van der Waals surface area contributed by atoms with Crippen LogP contribution >= 0.6 is 0 Å². The van der Waals surface area contributed by atoms with Gasteiger partial charge in [-0.05, 0) is 0 Å². The number of hydrogen-bond acceptors (Lipinski definition) is 4. The zero-order valence-electron chi connectivity index (χ0n) is 4.96. The van der Waals surface area contributed by atoms with E-state index >= 15 is 0 Å². The molecule has 0 atom stereocenters. The normalized spacial score (nSPS) is 32.0. The molecular formula is C5H8O4. The number of rotatable bonds is 0. The van der Waals surface area contributed by atoms with E-state index in [-0.39, 0.29) is 5.41 Å². The van der Waals surface area contributed by atoms with E-state index in [9.17, 15) is 0 Å². The van der Waals surface area contributed by atoms with Crippen molar-refractivity contribution in [3.63, 3.8) is 0 Å². The minimum Gasteiger partial charge on any atom is -0.236 e. The Morgan fingerprint density at radius 2 is 1.00 bits per heavy atom. The van der Waals surface area contributed by atoms with Crippen molar-refractivity contribution in [2.75, 3.05) is 26.4 Å². The smallest absolute Gasteiger partial charge is 0.0948 e. The minimum atomic E-state index is 0. The van der Waals surface area contributed by atoms with Crippen molar-refractivity contribution >= 4 is 0 Å². The van der Waals surface area contributed by atoms with Gasteiger partial charge >= 0.3 is 0 Å². The van der Waals surface area contributed by atoms with Crippen LogP contribution in [0.4, 0.5) is 0 Å². The second-order valence-corrected chi connectivity index (χ2v) is 2.55. The molecule has 2 aliphatic heterocycles. The maximum Gasteiger partial charge on any atom is 0.0948 e. The molecule has 0 unspecified atom stereocenters. The third kappa shape index (κ3) is 0.840. The van der Waals surface area contributed by atoms with Crippen LogP contribution in [-0.4, -0.2) is 26.4 Å². The molecule has 0 bridgehead atoms. The average molecular weight is 132 g/mol. The molecule has 2 aliphatic rings. The molecular weight excluding hydrogens is 124 g/mol. The van der Waals surface area contributed by atoms with Gasteiger partial charge in [0.25, 0.3) is 0 Å². The molecule has 2 rings (SSSR count). The lowest BCUT2D eigenvalue weighted by molar-refractivity contribution is -0.248. The van der Waals surface area contributed by atoms with Gasteiger partial charge in [0.2, 0.25) is 0 Å². The first kappa shape index (κ1) is 5.61. The lowest BCUT2D eigenvalue weighted by Gasteiger charge is -2.09. The fraction of sp³-hybridized carbons (Fsp3) is 1.00. The zero-order chi connectivity index (χ0) is 6.16. The quantitative estimate of drug-likeness (QED) is 0.431. The summed E-state index contributed by atoms with van der Waals surface area (Å²) in [7, 11) is 0. The van der Waals surface area contributed by atoms with Gasteiger partial charge in [-0.2, -0.15) is 0 Å². The van der Waals surface area contributed by atoms with E-state index in [2.05, 4.69) is 0 Å². The first-order valence-corrected chi connectivity index (χ1v) is 2.90. The fourth-order valence-electron chi connectivity index (χ4n) is 0.917. The first-order valence-electron chi connectivity index (χ1n) is 2.90. The van der Waals surface area contributed by atoms with Crippen molar-refractivity contribution in [1.29, 1.82) is 0 Å². The molecule has 2 fully saturated rings. The molecule has 0 aromatic rings. The first-order chi connectivity index (χ1) is 4.41. The summed E-state index contributed by atoms with van der Waals surface area (Å²) >= 11 is 0. The van der Waals surface area contributed by atoms with E-state index in [1.807, 2.05) is 0 Å². The van der Waals surface area contributed by atoms with Gasteiger partial charge in [-0.3, -0.25) is 0 Å². The second kappa shape index (κ2) is 1.91. The maximum atomic E-state index is 4.72. The highest BCUT2D eigenvalue weighted by molar-refractivity contribution is 4.81. The Balaban J connectivity index is 2.04. The Kier molecular flexibility index (Phi) is 1.19. The predicted molar refractivity (Wildman–Crippen MR) is 26.2 cm³/mol. The molecule has 0 saturated carbocycles. The summed E-state index contributed by atoms with van der Waals surface area (Å²) in [5.41, 5.74) is 0. The summed E-state index contributed by atoms with van der Waals surface area (Å²) in [6, 6.07) is 0. The lowest BCUT2D eigenvalue weighted by atomic mass is 9.94. The van der Waals surface area contributed by atoms with Crippen molar-refractivity contribution in [2.24, 2.45) is 5.41 Å². The molecule has 0 amide bonds. The van der Waals surface area contributed by atoms with E-state index < -0.39 is 0 Å². The van der Waals surface area contributed by atoms with Gasteiger partial charge in [-0.15, -0.1) is 0 Å². The molecule has 0 radical (unpaired) electrons. The van der Waals surface area contributed by atoms with Gasteiger partial charge in [-0.1, -0.05) is 0 Å². The lowest BCUT2D eigenvalue weighted by Crippen LogP contribution is -2.27. The van der Waals surface area contributed by atoms with Gasteiger partial charge in [0, 0.05) is 0 Å². The Hall–Kier alpha value is -0.160. The average Bonchev–Trinajstić information content (AvgIpc) is 2.45. The highest BCUT2D eigenvalue weighted by Crippen LogP contribution is 2.29. The molecule has 0 aromatic heterocycles. The summed E-state index contributed by atoms with van der Waals surface area (Å²) in [6.07, 6.45) is 0. The van der Waals surface area contributed by atoms with Crippen LogP contribution in [0.2, 0.25) is 0 Å². The van der Waals surface area contributed by atoms with Crippen LogP contribution < -0.4 is 0 Å². The van der Waals surface area contributed by atoms with Gasteiger partial charge in [-0.25, -0.2) is 19.6 Å². The van der Waals surface area contributed by atoms with E-state index in [0.29, 0.717) is 26.4 Å². The fourth-order valence-corrected chi connectivity index (χ4v) is 0.917. The molecule has 4 nitrogen and oxygen atoms in total. The zero-order valence-corrected chi connectivity index (χ0v) is 4.96. The van der Waals surface area contributed by atoms with Crippen molar-refractivity contribution in [1.82, 2.24) is 0 Å². The van der Waals surface area contributed by atoms with E-state index in [1.165, 1.54) is 0 Å². The molecule has 52 valence electrons. The van der Waals surface area contributed by atoms with Crippen molar-refractivity contribution in [3.05, 3.63) is 0 Å². The Labute approximate surface area is 52.5 Å². The largest absolute Gasteiger partial charge is 0.236 e.